The summed E-state index contributed by atoms with van der Waals surface area (Å²) in [6, 6.07) is 4.26. The zero-order valence-electron chi connectivity index (χ0n) is 17.6. The Balaban J connectivity index is 2.21. The first-order chi connectivity index (χ1) is 13.6. The number of benzene rings is 1. The number of carbonyl (C=O) groups excluding carboxylic acids is 1. The molecule has 1 aromatic heterocycles. The van der Waals surface area contributed by atoms with Gasteiger partial charge in [0.05, 0.1) is 10.9 Å². The molecule has 1 aromatic carbocycles. The summed E-state index contributed by atoms with van der Waals surface area (Å²) in [5.74, 6) is -0.430. The Bertz CT molecular complexity index is 1060. The Morgan fingerprint density at radius 3 is 2.48 bits per heavy atom. The number of ketones is 1. The van der Waals surface area contributed by atoms with E-state index in [9.17, 15) is 19.8 Å². The van der Waals surface area contributed by atoms with Gasteiger partial charge in [-0.15, -0.1) is 0 Å². The number of hydrogen-bond donors (Lipinski definition) is 2. The van der Waals surface area contributed by atoms with Crippen LogP contribution in [0.2, 0.25) is 0 Å². The second-order valence-electron chi connectivity index (χ2n) is 7.65. The van der Waals surface area contributed by atoms with Gasteiger partial charge < -0.3 is 14.6 Å². The van der Waals surface area contributed by atoms with Crippen LogP contribution in [-0.2, 0) is 4.79 Å². The normalized spacial score (nSPS) is 13.4. The van der Waals surface area contributed by atoms with Crippen molar-refractivity contribution in [2.75, 3.05) is 0 Å². The summed E-state index contributed by atoms with van der Waals surface area (Å²) in [6.07, 6.45) is 6.60. The van der Waals surface area contributed by atoms with E-state index in [0.29, 0.717) is 18.2 Å². The van der Waals surface area contributed by atoms with Gasteiger partial charge in [0.1, 0.15) is 17.1 Å². The van der Waals surface area contributed by atoms with E-state index >= 15 is 0 Å². The monoisotopic (exact) mass is 396 g/mol. The Morgan fingerprint density at radius 1 is 1.14 bits per heavy atom. The topological polar surface area (TPSA) is 87.7 Å². The Morgan fingerprint density at radius 2 is 1.83 bits per heavy atom. The highest BCUT2D eigenvalue weighted by molar-refractivity contribution is 5.91. The molecule has 5 nitrogen and oxygen atoms in total. The van der Waals surface area contributed by atoms with E-state index in [4.69, 9.17) is 4.42 Å². The molecule has 0 aliphatic carbocycles. The molecule has 2 N–H and O–H groups in total. The number of aromatic hydroxyl groups is 2. The van der Waals surface area contributed by atoms with E-state index in [-0.39, 0.29) is 34.3 Å². The first kappa shape index (κ1) is 22.2. The third kappa shape index (κ3) is 5.70. The number of allylic oxidation sites excluding steroid dienone is 6. The predicted octanol–water partition coefficient (Wildman–Crippen LogP) is 5.52. The lowest BCUT2D eigenvalue weighted by Gasteiger charge is -2.14. The Hall–Kier alpha value is -3.08. The standard InChI is InChI=1S/C24H28O5/c1-14(2)11-19(26)12-15(3)7-6-8-16(4)17(5)22-23(27)20-10-9-18(25)13-21(20)29-24(22)28/h7-11,13,17,25,27H,6,12H2,1-5H3/b15-7+,16-8+/t17-/m1/s1. The highest BCUT2D eigenvalue weighted by atomic mass is 16.4. The summed E-state index contributed by atoms with van der Waals surface area (Å²) in [5, 5.41) is 20.5. The lowest BCUT2D eigenvalue weighted by Crippen LogP contribution is -2.12. The molecule has 0 aliphatic rings. The Labute approximate surface area is 170 Å². The summed E-state index contributed by atoms with van der Waals surface area (Å²) in [4.78, 5) is 24.2. The average Bonchev–Trinajstić information content (AvgIpc) is 2.60. The minimum Gasteiger partial charge on any atom is -0.508 e. The third-order valence-electron chi connectivity index (χ3n) is 4.82. The fraction of sp³-hybridized carbons (Fsp3) is 0.333. The molecule has 0 spiro atoms. The molecule has 2 aromatic rings. The smallest absolute Gasteiger partial charge is 0.343 e. The van der Waals surface area contributed by atoms with E-state index in [1.807, 2.05) is 46.8 Å². The van der Waals surface area contributed by atoms with Gasteiger partial charge in [0, 0.05) is 18.4 Å². The molecule has 0 radical (unpaired) electrons. The van der Waals surface area contributed by atoms with Crippen molar-refractivity contribution in [2.45, 2.75) is 53.4 Å². The molecule has 0 amide bonds. The van der Waals surface area contributed by atoms with Crippen LogP contribution in [0.15, 0.2) is 62.4 Å². The highest BCUT2D eigenvalue weighted by Gasteiger charge is 2.21. The van der Waals surface area contributed by atoms with E-state index in [1.165, 1.54) is 18.2 Å². The predicted molar refractivity (Wildman–Crippen MR) is 115 cm³/mol. The number of phenols is 1. The first-order valence-electron chi connectivity index (χ1n) is 9.58. The molecular weight excluding hydrogens is 368 g/mol. The molecule has 0 saturated heterocycles. The maximum atomic E-state index is 12.4. The molecule has 0 bridgehead atoms. The van der Waals surface area contributed by atoms with Crippen LogP contribution in [0.5, 0.6) is 11.5 Å². The minimum atomic E-state index is -0.625. The lowest BCUT2D eigenvalue weighted by molar-refractivity contribution is -0.114. The van der Waals surface area contributed by atoms with Crippen molar-refractivity contribution in [1.82, 2.24) is 0 Å². The van der Waals surface area contributed by atoms with Gasteiger partial charge in [-0.1, -0.05) is 35.8 Å². The molecule has 0 fully saturated rings. The van der Waals surface area contributed by atoms with E-state index in [0.717, 1.165) is 16.7 Å². The maximum absolute atomic E-state index is 12.4. The minimum absolute atomic E-state index is 0.0397. The molecule has 2 rings (SSSR count). The van der Waals surface area contributed by atoms with Gasteiger partial charge in [0.25, 0.3) is 0 Å². The number of carbonyl (C=O) groups is 1. The molecule has 1 heterocycles. The van der Waals surface area contributed by atoms with Crippen LogP contribution in [0.3, 0.4) is 0 Å². The molecule has 29 heavy (non-hydrogen) atoms. The molecule has 1 atom stereocenters. The lowest BCUT2D eigenvalue weighted by atomic mass is 9.92. The van der Waals surface area contributed by atoms with Gasteiger partial charge in [-0.05, 0) is 52.3 Å². The first-order valence-corrected chi connectivity index (χ1v) is 9.58. The van der Waals surface area contributed by atoms with Crippen LogP contribution in [0.4, 0.5) is 0 Å². The van der Waals surface area contributed by atoms with Crippen molar-refractivity contribution in [3.63, 3.8) is 0 Å². The van der Waals surface area contributed by atoms with Gasteiger partial charge in [-0.2, -0.15) is 0 Å². The van der Waals surface area contributed by atoms with Gasteiger partial charge in [-0.3, -0.25) is 4.79 Å². The van der Waals surface area contributed by atoms with Crippen molar-refractivity contribution in [3.8, 4) is 11.5 Å². The van der Waals surface area contributed by atoms with Crippen LogP contribution in [0.25, 0.3) is 11.0 Å². The van der Waals surface area contributed by atoms with Crippen molar-refractivity contribution in [1.29, 1.82) is 0 Å². The van der Waals surface area contributed by atoms with Gasteiger partial charge in [-0.25, -0.2) is 4.79 Å². The largest absolute Gasteiger partial charge is 0.508 e. The van der Waals surface area contributed by atoms with Crippen LogP contribution in [0, 0.1) is 0 Å². The van der Waals surface area contributed by atoms with Gasteiger partial charge >= 0.3 is 5.63 Å². The van der Waals surface area contributed by atoms with Crippen molar-refractivity contribution < 1.29 is 19.4 Å². The highest BCUT2D eigenvalue weighted by Crippen LogP contribution is 2.35. The summed E-state index contributed by atoms with van der Waals surface area (Å²) in [6.45, 7) is 9.43. The van der Waals surface area contributed by atoms with Crippen molar-refractivity contribution in [3.05, 3.63) is 69.1 Å². The second kappa shape index (κ2) is 9.41. The number of hydrogen-bond acceptors (Lipinski definition) is 5. The summed E-state index contributed by atoms with van der Waals surface area (Å²) < 4.78 is 5.29. The van der Waals surface area contributed by atoms with E-state index < -0.39 is 5.63 Å². The van der Waals surface area contributed by atoms with Crippen molar-refractivity contribution >= 4 is 16.8 Å². The zero-order valence-corrected chi connectivity index (χ0v) is 17.6. The van der Waals surface area contributed by atoms with E-state index in [1.54, 1.807) is 6.08 Å². The molecular formula is C24H28O5. The number of fused-ring (bicyclic) bond motifs is 1. The SMILES string of the molecule is CC(C)=CC(=O)C/C(C)=C/C/C=C(\C)[C@@H](C)c1c(O)c2ccc(O)cc2oc1=O. The zero-order chi connectivity index (χ0) is 21.7. The third-order valence-corrected chi connectivity index (χ3v) is 4.82. The van der Waals surface area contributed by atoms with Crippen LogP contribution < -0.4 is 5.63 Å². The fourth-order valence-corrected chi connectivity index (χ4v) is 3.14. The van der Waals surface area contributed by atoms with Crippen molar-refractivity contribution in [2.24, 2.45) is 0 Å². The second-order valence-corrected chi connectivity index (χ2v) is 7.65. The summed E-state index contributed by atoms with van der Waals surface area (Å²) >= 11 is 0. The Kier molecular flexibility index (Phi) is 7.21. The molecule has 5 heteroatoms. The number of rotatable bonds is 7. The fourth-order valence-electron chi connectivity index (χ4n) is 3.14. The summed E-state index contributed by atoms with van der Waals surface area (Å²) in [7, 11) is 0. The van der Waals surface area contributed by atoms with Gasteiger partial charge in [0.2, 0.25) is 0 Å². The molecule has 0 saturated carbocycles. The molecule has 0 unspecified atom stereocenters. The molecule has 154 valence electrons. The summed E-state index contributed by atoms with van der Waals surface area (Å²) in [5.41, 5.74) is 2.58. The van der Waals surface area contributed by atoms with Crippen LogP contribution in [0.1, 0.15) is 58.9 Å². The van der Waals surface area contributed by atoms with Crippen LogP contribution in [-0.4, -0.2) is 16.0 Å². The average molecular weight is 396 g/mol. The van der Waals surface area contributed by atoms with Gasteiger partial charge in [0.15, 0.2) is 5.78 Å². The van der Waals surface area contributed by atoms with E-state index in [2.05, 4.69) is 0 Å². The quantitative estimate of drug-likeness (QED) is 0.366. The molecule has 0 aliphatic heterocycles. The maximum Gasteiger partial charge on any atom is 0.343 e. The number of phenolic OH excluding ortho intramolecular Hbond substituents is 1. The van der Waals surface area contributed by atoms with Crippen LogP contribution >= 0.6 is 0 Å².